The predicted molar refractivity (Wildman–Crippen MR) is 172 cm³/mol. The second-order valence-electron chi connectivity index (χ2n) is 10.6. The Morgan fingerprint density at radius 2 is 0.696 bits per heavy atom. The van der Waals surface area contributed by atoms with Crippen LogP contribution >= 0.6 is 0 Å². The number of carboxylic acids is 2. The molecule has 7 rings (SSSR count). The minimum Gasteiger partial charge on any atom is -0.478 e. The van der Waals surface area contributed by atoms with Crippen LogP contribution in [-0.2, 0) is 0 Å². The molecule has 0 fully saturated rings. The van der Waals surface area contributed by atoms with Crippen LogP contribution in [0.1, 0.15) is 20.7 Å². The van der Waals surface area contributed by atoms with Crippen molar-refractivity contribution in [2.75, 3.05) is 0 Å². The molecule has 10 heteroatoms. The zero-order valence-electron chi connectivity index (χ0n) is 23.6. The zero-order chi connectivity index (χ0) is 32.3. The van der Waals surface area contributed by atoms with Gasteiger partial charge in [-0.2, -0.15) is 0 Å². The number of nitrogens with zero attached hydrogens (tertiary/aromatic N) is 2. The fraction of sp³-hybridized carbons (Fsp3) is 0. The van der Waals surface area contributed by atoms with Gasteiger partial charge in [-0.25, -0.2) is 18.7 Å². The summed E-state index contributed by atoms with van der Waals surface area (Å²) in [6.07, 6.45) is 0. The first-order chi connectivity index (χ1) is 22.2. The van der Waals surface area contributed by atoms with Crippen molar-refractivity contribution >= 4 is 33.5 Å². The van der Waals surface area contributed by atoms with Crippen molar-refractivity contribution in [2.24, 2.45) is 0 Å². The lowest BCUT2D eigenvalue weighted by Gasteiger charge is -2.11. The monoisotopic (exact) mass is 608 g/mol. The van der Waals surface area contributed by atoms with Crippen molar-refractivity contribution in [3.63, 3.8) is 0 Å². The maximum absolute atomic E-state index is 14.4. The number of carboxylic acid groups (broad SMARTS) is 2. The van der Waals surface area contributed by atoms with Crippen molar-refractivity contribution in [3.8, 4) is 33.6 Å². The Morgan fingerprint density at radius 3 is 0.957 bits per heavy atom. The van der Waals surface area contributed by atoms with E-state index in [-0.39, 0.29) is 66.3 Å². The summed E-state index contributed by atoms with van der Waals surface area (Å²) in [4.78, 5) is 80.7. The van der Waals surface area contributed by atoms with Gasteiger partial charge in [0, 0.05) is 11.1 Å². The number of carbonyl (C=O) groups is 2. The van der Waals surface area contributed by atoms with E-state index in [1.165, 1.54) is 48.5 Å². The van der Waals surface area contributed by atoms with E-state index in [1.807, 2.05) is 0 Å². The Bertz CT molecular complexity index is 2310. The van der Waals surface area contributed by atoms with Gasteiger partial charge < -0.3 is 10.2 Å². The van der Waals surface area contributed by atoms with Crippen molar-refractivity contribution < 1.29 is 19.8 Å². The van der Waals surface area contributed by atoms with Gasteiger partial charge in [0.15, 0.2) is 0 Å². The third-order valence-electron chi connectivity index (χ3n) is 8.04. The first-order valence-electron chi connectivity index (χ1n) is 14.0. The molecule has 7 aromatic rings. The number of benzene rings is 5. The van der Waals surface area contributed by atoms with Crippen LogP contribution in [0.15, 0.2) is 128 Å². The third-order valence-corrected chi connectivity index (χ3v) is 8.04. The highest BCUT2D eigenvalue weighted by atomic mass is 16.4. The maximum Gasteiger partial charge on any atom is 0.335 e. The van der Waals surface area contributed by atoms with Crippen LogP contribution in [0.25, 0.3) is 55.2 Å². The Hall–Kier alpha value is -6.68. The van der Waals surface area contributed by atoms with Crippen molar-refractivity contribution in [1.82, 2.24) is 9.13 Å². The van der Waals surface area contributed by atoms with Gasteiger partial charge in [-0.05, 0) is 59.7 Å². The molecule has 2 heterocycles. The summed E-state index contributed by atoms with van der Waals surface area (Å²) in [6, 6.07) is 27.3. The summed E-state index contributed by atoms with van der Waals surface area (Å²) in [6.45, 7) is 0. The van der Waals surface area contributed by atoms with Gasteiger partial charge in [0.2, 0.25) is 0 Å². The molecule has 0 saturated heterocycles. The summed E-state index contributed by atoms with van der Waals surface area (Å²) >= 11 is 0. The van der Waals surface area contributed by atoms with Crippen LogP contribution in [-0.4, -0.2) is 31.3 Å². The molecule has 2 aromatic heterocycles. The highest BCUT2D eigenvalue weighted by Crippen LogP contribution is 2.40. The molecule has 0 unspecified atom stereocenters. The van der Waals surface area contributed by atoms with Crippen molar-refractivity contribution in [1.29, 1.82) is 0 Å². The number of aromatic nitrogens is 2. The SMILES string of the molecule is O=C(O)c1ccc(-c2c3c(=O)n(-c4ccccc4)c(=O)c3c(-c3ccc(C(=O)O)cc3)c3c(=O)n(-c4ccccc4)c(=O)c23)cc1. The van der Waals surface area contributed by atoms with E-state index in [9.17, 15) is 39.0 Å². The maximum atomic E-state index is 14.4. The Morgan fingerprint density at radius 1 is 0.413 bits per heavy atom. The van der Waals surface area contributed by atoms with Crippen molar-refractivity contribution in [3.05, 3.63) is 162 Å². The van der Waals surface area contributed by atoms with Gasteiger partial charge in [-0.15, -0.1) is 0 Å². The zero-order valence-corrected chi connectivity index (χ0v) is 23.6. The second kappa shape index (κ2) is 10.5. The fourth-order valence-electron chi connectivity index (χ4n) is 6.00. The average molecular weight is 609 g/mol. The molecule has 0 spiro atoms. The molecule has 0 bridgehead atoms. The van der Waals surface area contributed by atoms with E-state index in [2.05, 4.69) is 0 Å². The van der Waals surface area contributed by atoms with E-state index in [4.69, 9.17) is 0 Å². The molecule has 0 atom stereocenters. The summed E-state index contributed by atoms with van der Waals surface area (Å²) in [7, 11) is 0. The Balaban J connectivity index is 1.76. The third kappa shape index (κ3) is 4.12. The van der Waals surface area contributed by atoms with Crippen LogP contribution in [0, 0.1) is 0 Å². The van der Waals surface area contributed by atoms with Crippen LogP contribution in [0.3, 0.4) is 0 Å². The summed E-state index contributed by atoms with van der Waals surface area (Å²) < 4.78 is 1.93. The summed E-state index contributed by atoms with van der Waals surface area (Å²) in [5, 5.41) is 18.5. The van der Waals surface area contributed by atoms with Gasteiger partial charge in [0.05, 0.1) is 44.0 Å². The van der Waals surface area contributed by atoms with Crippen LogP contribution < -0.4 is 22.2 Å². The minimum absolute atomic E-state index is 0.0152. The first kappa shape index (κ1) is 28.1. The number of rotatable bonds is 6. The van der Waals surface area contributed by atoms with Gasteiger partial charge in [-0.1, -0.05) is 60.7 Å². The largest absolute Gasteiger partial charge is 0.478 e. The van der Waals surface area contributed by atoms with Crippen LogP contribution in [0.5, 0.6) is 0 Å². The van der Waals surface area contributed by atoms with Crippen LogP contribution in [0.4, 0.5) is 0 Å². The normalized spacial score (nSPS) is 11.3. The standard InChI is InChI=1S/C36H20N2O8/c39-31-27-25(19-11-15-21(16-12-19)35(43)44)29-30(34(42)38(33(29)41)24-9-5-2-6-10-24)26(20-13-17-22(18-14-20)36(45)46)28(27)32(40)37(31)23-7-3-1-4-8-23/h1-18H,(H,43,44)(H,45,46). The highest BCUT2D eigenvalue weighted by molar-refractivity contribution is 6.21. The van der Waals surface area contributed by atoms with Gasteiger partial charge >= 0.3 is 11.9 Å². The van der Waals surface area contributed by atoms with E-state index in [1.54, 1.807) is 60.7 Å². The molecule has 46 heavy (non-hydrogen) atoms. The van der Waals surface area contributed by atoms with E-state index < -0.39 is 34.2 Å². The number of hydrogen-bond donors (Lipinski definition) is 2. The average Bonchev–Trinajstić information content (AvgIpc) is 3.48. The molecule has 0 saturated carbocycles. The molecule has 0 aliphatic rings. The molecular formula is C36H20N2O8. The van der Waals surface area contributed by atoms with Gasteiger partial charge in [0.1, 0.15) is 0 Å². The number of aromatic carboxylic acids is 2. The molecule has 0 amide bonds. The minimum atomic E-state index is -1.19. The summed E-state index contributed by atoms with van der Waals surface area (Å²) in [5.74, 6) is -2.38. The molecular weight excluding hydrogens is 588 g/mol. The smallest absolute Gasteiger partial charge is 0.335 e. The topological polar surface area (TPSA) is 153 Å². The lowest BCUT2D eigenvalue weighted by atomic mass is 9.89. The molecule has 222 valence electrons. The fourth-order valence-corrected chi connectivity index (χ4v) is 6.00. The number of hydrogen-bond acceptors (Lipinski definition) is 6. The second-order valence-corrected chi connectivity index (χ2v) is 10.6. The lowest BCUT2D eigenvalue weighted by molar-refractivity contribution is 0.0686. The van der Waals surface area contributed by atoms with Crippen LogP contribution in [0.2, 0.25) is 0 Å². The number of fused-ring (bicyclic) bond motifs is 2. The quantitative estimate of drug-likeness (QED) is 0.277. The first-order valence-corrected chi connectivity index (χ1v) is 14.0. The lowest BCUT2D eigenvalue weighted by Crippen LogP contribution is -2.24. The Kier molecular flexibility index (Phi) is 6.41. The molecule has 10 nitrogen and oxygen atoms in total. The molecule has 2 N–H and O–H groups in total. The number of para-hydroxylation sites is 2. The van der Waals surface area contributed by atoms with E-state index in [0.717, 1.165) is 9.13 Å². The van der Waals surface area contributed by atoms with Crippen molar-refractivity contribution in [2.45, 2.75) is 0 Å². The highest BCUT2D eigenvalue weighted by Gasteiger charge is 2.31. The molecule has 0 radical (unpaired) electrons. The predicted octanol–water partition coefficient (Wildman–Crippen LogP) is 4.62. The molecule has 0 aliphatic heterocycles. The molecule has 0 aliphatic carbocycles. The van der Waals surface area contributed by atoms with E-state index >= 15 is 0 Å². The van der Waals surface area contributed by atoms with Gasteiger partial charge in [0.25, 0.3) is 22.2 Å². The van der Waals surface area contributed by atoms with Gasteiger partial charge in [-0.3, -0.25) is 19.2 Å². The molecule has 5 aromatic carbocycles. The van der Waals surface area contributed by atoms with E-state index in [0.29, 0.717) is 0 Å². The summed E-state index contributed by atoms with van der Waals surface area (Å²) in [5.41, 5.74) is -2.02. The Labute approximate surface area is 257 Å².